The Morgan fingerprint density at radius 1 is 1.41 bits per heavy atom. The summed E-state index contributed by atoms with van der Waals surface area (Å²) in [6, 6.07) is 8.64. The molecule has 4 nitrogen and oxygen atoms in total. The van der Waals surface area contributed by atoms with Crippen molar-refractivity contribution in [2.45, 2.75) is 17.9 Å². The normalized spacial score (nSPS) is 18.0. The Balaban J connectivity index is 0.00000242. The summed E-state index contributed by atoms with van der Waals surface area (Å²) in [5, 5.41) is 3.43. The second-order valence-electron chi connectivity index (χ2n) is 5.36. The number of halogens is 1. The number of rotatable bonds is 5. The van der Waals surface area contributed by atoms with E-state index >= 15 is 0 Å². The van der Waals surface area contributed by atoms with Crippen molar-refractivity contribution < 1.29 is 4.74 Å². The Bertz CT molecular complexity index is 461. The molecule has 1 aliphatic rings. The standard InChI is InChI=1S/C16H25N3OS.HI/c1-17-16(19(2)11-14-8-9-20-12-14)18-10-13-4-6-15(21-3)7-5-13;/h4-7,14H,8-12H2,1-3H3,(H,17,18);1H. The molecule has 1 fully saturated rings. The van der Waals surface area contributed by atoms with Crippen LogP contribution in [0.2, 0.25) is 0 Å². The zero-order valence-electron chi connectivity index (χ0n) is 13.5. The lowest BCUT2D eigenvalue weighted by molar-refractivity contribution is 0.181. The molecule has 1 aliphatic heterocycles. The van der Waals surface area contributed by atoms with Gasteiger partial charge in [0.15, 0.2) is 5.96 Å². The van der Waals surface area contributed by atoms with Crippen molar-refractivity contribution in [1.82, 2.24) is 10.2 Å². The minimum Gasteiger partial charge on any atom is -0.381 e. The van der Waals surface area contributed by atoms with Crippen LogP contribution in [-0.2, 0) is 11.3 Å². The molecule has 0 aromatic heterocycles. The maximum Gasteiger partial charge on any atom is 0.193 e. The van der Waals surface area contributed by atoms with Gasteiger partial charge in [0.2, 0.25) is 0 Å². The average molecular weight is 435 g/mol. The number of benzene rings is 1. The summed E-state index contributed by atoms with van der Waals surface area (Å²) in [4.78, 5) is 7.85. The zero-order chi connectivity index (χ0) is 15.1. The number of hydrogen-bond donors (Lipinski definition) is 1. The van der Waals surface area contributed by atoms with Crippen molar-refractivity contribution in [3.05, 3.63) is 29.8 Å². The number of nitrogens with zero attached hydrogens (tertiary/aromatic N) is 2. The molecule has 124 valence electrons. The van der Waals surface area contributed by atoms with Crippen LogP contribution in [0.25, 0.3) is 0 Å². The maximum absolute atomic E-state index is 5.43. The first kappa shape index (κ1) is 19.6. The lowest BCUT2D eigenvalue weighted by Crippen LogP contribution is -2.41. The van der Waals surface area contributed by atoms with E-state index in [9.17, 15) is 0 Å². The SMILES string of the molecule is CN=C(NCc1ccc(SC)cc1)N(C)CC1CCOC1.I. The molecule has 1 unspecified atom stereocenters. The molecular formula is C16H26IN3OS. The van der Waals surface area contributed by atoms with Crippen LogP contribution in [0.4, 0.5) is 0 Å². The van der Waals surface area contributed by atoms with Crippen LogP contribution in [0, 0.1) is 5.92 Å². The first-order chi connectivity index (χ1) is 10.2. The van der Waals surface area contributed by atoms with E-state index in [1.165, 1.54) is 10.5 Å². The molecule has 1 aromatic carbocycles. The van der Waals surface area contributed by atoms with E-state index in [0.29, 0.717) is 5.92 Å². The Morgan fingerprint density at radius 2 is 2.14 bits per heavy atom. The van der Waals surface area contributed by atoms with E-state index in [0.717, 1.165) is 38.7 Å². The fraction of sp³-hybridized carbons (Fsp3) is 0.562. The molecule has 1 saturated heterocycles. The summed E-state index contributed by atoms with van der Waals surface area (Å²) in [5.41, 5.74) is 1.27. The van der Waals surface area contributed by atoms with Crippen LogP contribution in [0.3, 0.4) is 0 Å². The molecule has 0 bridgehead atoms. The third-order valence-corrected chi connectivity index (χ3v) is 4.48. The summed E-state index contributed by atoms with van der Waals surface area (Å²) < 4.78 is 5.43. The third-order valence-electron chi connectivity index (χ3n) is 3.74. The molecule has 0 spiro atoms. The fourth-order valence-electron chi connectivity index (χ4n) is 2.51. The van der Waals surface area contributed by atoms with Gasteiger partial charge in [0.05, 0.1) is 6.61 Å². The molecule has 6 heteroatoms. The Morgan fingerprint density at radius 3 is 2.68 bits per heavy atom. The van der Waals surface area contributed by atoms with Crippen LogP contribution in [-0.4, -0.2) is 51.0 Å². The van der Waals surface area contributed by atoms with Gasteiger partial charge in [-0.25, -0.2) is 0 Å². The molecule has 2 rings (SSSR count). The molecule has 1 N–H and O–H groups in total. The largest absolute Gasteiger partial charge is 0.381 e. The topological polar surface area (TPSA) is 36.9 Å². The predicted molar refractivity (Wildman–Crippen MR) is 105 cm³/mol. The van der Waals surface area contributed by atoms with Crippen molar-refractivity contribution in [2.75, 3.05) is 40.1 Å². The number of nitrogens with one attached hydrogen (secondary N) is 1. The van der Waals surface area contributed by atoms with E-state index in [1.54, 1.807) is 11.8 Å². The van der Waals surface area contributed by atoms with Gasteiger partial charge in [-0.3, -0.25) is 4.99 Å². The van der Waals surface area contributed by atoms with E-state index in [2.05, 4.69) is 52.8 Å². The maximum atomic E-state index is 5.43. The average Bonchev–Trinajstić information content (AvgIpc) is 3.01. The number of ether oxygens (including phenoxy) is 1. The van der Waals surface area contributed by atoms with Gasteiger partial charge < -0.3 is 15.0 Å². The molecule has 0 amide bonds. The highest BCUT2D eigenvalue weighted by atomic mass is 127. The summed E-state index contributed by atoms with van der Waals surface area (Å²) >= 11 is 1.76. The molecule has 0 radical (unpaired) electrons. The Kier molecular flexibility index (Phi) is 9.19. The smallest absolute Gasteiger partial charge is 0.193 e. The van der Waals surface area contributed by atoms with E-state index < -0.39 is 0 Å². The molecule has 0 saturated carbocycles. The van der Waals surface area contributed by atoms with Gasteiger partial charge in [0.1, 0.15) is 0 Å². The van der Waals surface area contributed by atoms with Gasteiger partial charge >= 0.3 is 0 Å². The highest BCUT2D eigenvalue weighted by Crippen LogP contribution is 2.15. The van der Waals surface area contributed by atoms with Crippen molar-refractivity contribution in [3.63, 3.8) is 0 Å². The minimum atomic E-state index is 0. The molecular weight excluding hydrogens is 409 g/mol. The van der Waals surface area contributed by atoms with Crippen LogP contribution < -0.4 is 5.32 Å². The summed E-state index contributed by atoms with van der Waals surface area (Å²) in [5.74, 6) is 1.56. The van der Waals surface area contributed by atoms with E-state index in [-0.39, 0.29) is 24.0 Å². The number of thioether (sulfide) groups is 1. The highest BCUT2D eigenvalue weighted by molar-refractivity contribution is 14.0. The zero-order valence-corrected chi connectivity index (χ0v) is 16.7. The molecule has 1 aromatic rings. The molecule has 1 atom stereocenters. The van der Waals surface area contributed by atoms with Gasteiger partial charge in [-0.2, -0.15) is 0 Å². The fourth-order valence-corrected chi connectivity index (χ4v) is 2.92. The van der Waals surface area contributed by atoms with Crippen LogP contribution >= 0.6 is 35.7 Å². The van der Waals surface area contributed by atoms with Crippen molar-refractivity contribution in [1.29, 1.82) is 0 Å². The van der Waals surface area contributed by atoms with E-state index in [1.807, 2.05) is 7.05 Å². The Labute approximate surface area is 155 Å². The number of aliphatic imine (C=N–C) groups is 1. The van der Waals surface area contributed by atoms with Crippen LogP contribution in [0.15, 0.2) is 34.2 Å². The molecule has 0 aliphatic carbocycles. The molecule has 22 heavy (non-hydrogen) atoms. The first-order valence-corrected chi connectivity index (χ1v) is 8.58. The van der Waals surface area contributed by atoms with Gasteiger partial charge in [0, 0.05) is 44.6 Å². The third kappa shape index (κ3) is 5.96. The van der Waals surface area contributed by atoms with Crippen molar-refractivity contribution >= 4 is 41.7 Å². The van der Waals surface area contributed by atoms with Gasteiger partial charge in [-0.05, 0) is 30.4 Å². The summed E-state index contributed by atoms with van der Waals surface area (Å²) in [7, 11) is 3.92. The monoisotopic (exact) mass is 435 g/mol. The quantitative estimate of drug-likeness (QED) is 0.334. The summed E-state index contributed by atoms with van der Waals surface area (Å²) in [6.45, 7) is 3.56. The van der Waals surface area contributed by atoms with Crippen molar-refractivity contribution in [2.24, 2.45) is 10.9 Å². The van der Waals surface area contributed by atoms with Gasteiger partial charge in [-0.15, -0.1) is 35.7 Å². The number of guanidine groups is 1. The Hall–Kier alpha value is -0.470. The predicted octanol–water partition coefficient (Wildman–Crippen LogP) is 3.07. The molecule has 1 heterocycles. The van der Waals surface area contributed by atoms with Crippen molar-refractivity contribution in [3.8, 4) is 0 Å². The highest BCUT2D eigenvalue weighted by Gasteiger charge is 2.18. The number of hydrogen-bond acceptors (Lipinski definition) is 3. The second kappa shape index (κ2) is 10.3. The van der Waals surface area contributed by atoms with Crippen LogP contribution in [0.1, 0.15) is 12.0 Å². The minimum absolute atomic E-state index is 0. The first-order valence-electron chi connectivity index (χ1n) is 7.35. The lowest BCUT2D eigenvalue weighted by atomic mass is 10.1. The van der Waals surface area contributed by atoms with E-state index in [4.69, 9.17) is 4.74 Å². The van der Waals surface area contributed by atoms with Gasteiger partial charge in [0.25, 0.3) is 0 Å². The summed E-state index contributed by atoms with van der Waals surface area (Å²) in [6.07, 6.45) is 3.24. The lowest BCUT2D eigenvalue weighted by Gasteiger charge is -2.24. The van der Waals surface area contributed by atoms with Crippen LogP contribution in [0.5, 0.6) is 0 Å². The van der Waals surface area contributed by atoms with Gasteiger partial charge in [-0.1, -0.05) is 12.1 Å². The second-order valence-corrected chi connectivity index (χ2v) is 6.24.